The molecule has 1 heterocycles. The van der Waals surface area contributed by atoms with Crippen molar-refractivity contribution in [3.63, 3.8) is 0 Å². The summed E-state index contributed by atoms with van der Waals surface area (Å²) < 4.78 is 6.39. The summed E-state index contributed by atoms with van der Waals surface area (Å²) in [7, 11) is 1.86. The van der Waals surface area contributed by atoms with Crippen LogP contribution in [0.4, 0.5) is 0 Å². The summed E-state index contributed by atoms with van der Waals surface area (Å²) in [5.41, 5.74) is 0.263. The second kappa shape index (κ2) is 6.93. The summed E-state index contributed by atoms with van der Waals surface area (Å²) in [6.45, 7) is 9.60. The van der Waals surface area contributed by atoms with E-state index in [1.54, 1.807) is 6.08 Å². The van der Waals surface area contributed by atoms with E-state index in [1.807, 2.05) is 43.1 Å². The number of hydrogen-bond donors (Lipinski definition) is 0. The number of allylic oxidation sites excluding steroid dienone is 1. The number of morpholine rings is 1. The molecule has 22 heavy (non-hydrogen) atoms. The first-order valence-corrected chi connectivity index (χ1v) is 7.77. The molecule has 1 aliphatic rings. The summed E-state index contributed by atoms with van der Waals surface area (Å²) >= 11 is 0. The lowest BCUT2D eigenvalue weighted by molar-refractivity contribution is -0.196. The van der Waals surface area contributed by atoms with Crippen molar-refractivity contribution in [3.8, 4) is 0 Å². The van der Waals surface area contributed by atoms with Crippen molar-refractivity contribution in [2.45, 2.75) is 43.9 Å². The zero-order chi connectivity index (χ0) is 16.2. The Morgan fingerprint density at radius 2 is 1.95 bits per heavy atom. The quantitative estimate of drug-likeness (QED) is 0.746. The molecule has 0 bridgehead atoms. The number of likely N-dealkylation sites (N-methyl/N-ethyl adjacent to an activating group) is 1. The second-order valence-corrected chi connectivity index (χ2v) is 5.92. The topological polar surface area (TPSA) is 29.5 Å². The third kappa shape index (κ3) is 3.00. The van der Waals surface area contributed by atoms with E-state index >= 15 is 0 Å². The van der Waals surface area contributed by atoms with Gasteiger partial charge in [-0.05, 0) is 25.3 Å². The van der Waals surface area contributed by atoms with E-state index in [2.05, 4.69) is 25.3 Å². The van der Waals surface area contributed by atoms with Crippen LogP contribution in [0.1, 0.15) is 37.9 Å². The molecule has 3 nitrogen and oxygen atoms in total. The lowest BCUT2D eigenvalue weighted by Gasteiger charge is -2.48. The van der Waals surface area contributed by atoms with Crippen LogP contribution < -0.4 is 0 Å². The number of ether oxygens (including phenoxy) is 1. The molecule has 3 atom stereocenters. The summed E-state index contributed by atoms with van der Waals surface area (Å²) in [4.78, 5) is 14.7. The van der Waals surface area contributed by atoms with Crippen LogP contribution in [0, 0.1) is 0 Å². The van der Waals surface area contributed by atoms with Crippen molar-refractivity contribution in [1.29, 1.82) is 0 Å². The van der Waals surface area contributed by atoms with Crippen LogP contribution in [0.5, 0.6) is 0 Å². The Bertz CT molecular complexity index is 540. The highest BCUT2D eigenvalue weighted by atomic mass is 16.5. The molecular formula is C19H25NO2. The minimum atomic E-state index is -0.836. The Morgan fingerprint density at radius 3 is 2.55 bits per heavy atom. The summed E-state index contributed by atoms with van der Waals surface area (Å²) in [6, 6.07) is 10.1. The van der Waals surface area contributed by atoms with Gasteiger partial charge in [0.1, 0.15) is 6.10 Å². The molecule has 3 heteroatoms. The van der Waals surface area contributed by atoms with Crippen LogP contribution in [0.2, 0.25) is 0 Å². The number of carbonyl (C=O) groups excluding carboxylic acids is 1. The summed E-state index contributed by atoms with van der Waals surface area (Å²) in [6.07, 6.45) is 5.35. The maximum atomic E-state index is 12.8. The minimum Gasteiger partial charge on any atom is -0.355 e. The van der Waals surface area contributed by atoms with E-state index in [9.17, 15) is 4.79 Å². The van der Waals surface area contributed by atoms with Crippen LogP contribution in [-0.2, 0) is 9.53 Å². The Balaban J connectivity index is 2.38. The second-order valence-electron chi connectivity index (χ2n) is 5.92. The van der Waals surface area contributed by atoms with Gasteiger partial charge in [-0.1, -0.05) is 42.5 Å². The maximum Gasteiger partial charge on any atom is 0.255 e. The molecule has 0 aliphatic carbocycles. The predicted molar refractivity (Wildman–Crippen MR) is 89.5 cm³/mol. The number of carbonyl (C=O) groups is 1. The highest BCUT2D eigenvalue weighted by Crippen LogP contribution is 2.40. The highest BCUT2D eigenvalue weighted by molar-refractivity contribution is 5.86. The molecular weight excluding hydrogens is 274 g/mol. The standard InChI is InChI=1S/C19H25NO2/c1-5-7-14-19(13-6-2)18(21)20(4)15(3)17(22-19)16-11-9-8-10-12-16/h5-6,8-12,15,17H,1-2,7,13-14H2,3-4H3/t15-,17-,19-/m1/s1. The monoisotopic (exact) mass is 299 g/mol. The van der Waals surface area contributed by atoms with Gasteiger partial charge in [-0.25, -0.2) is 0 Å². The van der Waals surface area contributed by atoms with Crippen molar-refractivity contribution in [3.05, 3.63) is 61.2 Å². The number of benzene rings is 1. The fourth-order valence-corrected chi connectivity index (χ4v) is 3.06. The zero-order valence-corrected chi connectivity index (χ0v) is 13.5. The molecule has 1 saturated heterocycles. The van der Waals surface area contributed by atoms with Gasteiger partial charge in [0.15, 0.2) is 5.60 Å². The fraction of sp³-hybridized carbons (Fsp3) is 0.421. The van der Waals surface area contributed by atoms with Gasteiger partial charge >= 0.3 is 0 Å². The number of nitrogens with zero attached hydrogens (tertiary/aromatic N) is 1. The maximum absolute atomic E-state index is 12.8. The first kappa shape index (κ1) is 16.5. The molecule has 1 aromatic rings. The highest BCUT2D eigenvalue weighted by Gasteiger charge is 2.49. The van der Waals surface area contributed by atoms with E-state index in [4.69, 9.17) is 4.74 Å². The van der Waals surface area contributed by atoms with Gasteiger partial charge in [0.25, 0.3) is 5.91 Å². The van der Waals surface area contributed by atoms with Crippen LogP contribution in [-0.4, -0.2) is 29.5 Å². The SMILES string of the molecule is C=CCC[C@@]1(CC=C)O[C@@H](c2ccccc2)[C@@H](C)N(C)C1=O. The third-order valence-corrected chi connectivity index (χ3v) is 4.47. The van der Waals surface area contributed by atoms with Gasteiger partial charge in [0.05, 0.1) is 6.04 Å². The number of hydrogen-bond acceptors (Lipinski definition) is 2. The molecule has 0 unspecified atom stereocenters. The predicted octanol–water partition coefficient (Wildman–Crippen LogP) is 3.89. The molecule has 0 spiro atoms. The van der Waals surface area contributed by atoms with E-state index in [0.29, 0.717) is 12.8 Å². The van der Waals surface area contributed by atoms with Gasteiger partial charge in [-0.3, -0.25) is 4.79 Å². The molecule has 118 valence electrons. The Labute approximate surface area is 133 Å². The Hall–Kier alpha value is -1.87. The van der Waals surface area contributed by atoms with Crippen molar-refractivity contribution in [2.24, 2.45) is 0 Å². The average molecular weight is 299 g/mol. The molecule has 0 saturated carbocycles. The number of rotatable bonds is 6. The van der Waals surface area contributed by atoms with E-state index < -0.39 is 5.60 Å². The molecule has 1 fully saturated rings. The molecule has 0 N–H and O–H groups in total. The smallest absolute Gasteiger partial charge is 0.255 e. The molecule has 1 aliphatic heterocycles. The molecule has 1 aromatic carbocycles. The Kier molecular flexibility index (Phi) is 5.19. The van der Waals surface area contributed by atoms with Crippen LogP contribution in [0.25, 0.3) is 0 Å². The first-order chi connectivity index (χ1) is 10.6. The van der Waals surface area contributed by atoms with Gasteiger partial charge < -0.3 is 9.64 Å². The normalized spacial score (nSPS) is 28.5. The summed E-state index contributed by atoms with van der Waals surface area (Å²) in [5, 5.41) is 0. The third-order valence-electron chi connectivity index (χ3n) is 4.47. The van der Waals surface area contributed by atoms with Gasteiger partial charge in [-0.15, -0.1) is 13.2 Å². The number of amides is 1. The lowest BCUT2D eigenvalue weighted by Crippen LogP contribution is -2.59. The minimum absolute atomic E-state index is 0.00317. The molecule has 0 aromatic heterocycles. The molecule has 0 radical (unpaired) electrons. The van der Waals surface area contributed by atoms with Crippen molar-refractivity contribution < 1.29 is 9.53 Å². The van der Waals surface area contributed by atoms with Crippen LogP contribution >= 0.6 is 0 Å². The fourth-order valence-electron chi connectivity index (χ4n) is 3.06. The van der Waals surface area contributed by atoms with Gasteiger partial charge in [-0.2, -0.15) is 0 Å². The van der Waals surface area contributed by atoms with E-state index in [1.165, 1.54) is 0 Å². The van der Waals surface area contributed by atoms with Crippen molar-refractivity contribution >= 4 is 5.91 Å². The largest absolute Gasteiger partial charge is 0.355 e. The van der Waals surface area contributed by atoms with Crippen molar-refractivity contribution in [2.75, 3.05) is 7.05 Å². The Morgan fingerprint density at radius 1 is 1.27 bits per heavy atom. The molecule has 1 amide bonds. The zero-order valence-electron chi connectivity index (χ0n) is 13.5. The van der Waals surface area contributed by atoms with E-state index in [0.717, 1.165) is 12.0 Å². The van der Waals surface area contributed by atoms with E-state index in [-0.39, 0.29) is 18.1 Å². The first-order valence-electron chi connectivity index (χ1n) is 7.77. The molecule has 2 rings (SSSR count). The van der Waals surface area contributed by atoms with Gasteiger partial charge in [0, 0.05) is 13.5 Å². The van der Waals surface area contributed by atoms with Crippen LogP contribution in [0.3, 0.4) is 0 Å². The van der Waals surface area contributed by atoms with Crippen LogP contribution in [0.15, 0.2) is 55.6 Å². The average Bonchev–Trinajstić information content (AvgIpc) is 2.55. The van der Waals surface area contributed by atoms with Gasteiger partial charge in [0.2, 0.25) is 0 Å². The summed E-state index contributed by atoms with van der Waals surface area (Å²) in [5.74, 6) is 0.0360. The lowest BCUT2D eigenvalue weighted by atomic mass is 9.86. The van der Waals surface area contributed by atoms with Crippen molar-refractivity contribution in [1.82, 2.24) is 4.90 Å².